The maximum Gasteiger partial charge on any atom is 0.283 e. The first-order valence-electron chi connectivity index (χ1n) is 6.20. The highest BCUT2D eigenvalue weighted by Gasteiger charge is 2.28. The summed E-state index contributed by atoms with van der Waals surface area (Å²) in [6.07, 6.45) is 1.22. The Morgan fingerprint density at radius 1 is 1.19 bits per heavy atom. The molecule has 0 unspecified atom stereocenters. The number of hydrogen-bond acceptors (Lipinski definition) is 5. The third-order valence-electron chi connectivity index (χ3n) is 3.27. The van der Waals surface area contributed by atoms with Crippen molar-refractivity contribution in [2.75, 3.05) is 0 Å². The molecule has 6 nitrogen and oxygen atoms in total. The highest BCUT2D eigenvalue weighted by molar-refractivity contribution is 7.91. The van der Waals surface area contributed by atoms with Gasteiger partial charge in [0, 0.05) is 17.1 Å². The number of aromatic amines is 1. The van der Waals surface area contributed by atoms with Crippen molar-refractivity contribution in [2.45, 2.75) is 23.8 Å². The number of hydrogen-bond donors (Lipinski definition) is 1. The fourth-order valence-electron chi connectivity index (χ4n) is 2.21. The zero-order chi connectivity index (χ0) is 15.2. The van der Waals surface area contributed by atoms with Gasteiger partial charge in [0.2, 0.25) is 14.9 Å². The molecule has 0 amide bonds. The summed E-state index contributed by atoms with van der Waals surface area (Å²) in [5, 5.41) is 6.12. The Kier molecular flexibility index (Phi) is 2.94. The van der Waals surface area contributed by atoms with E-state index in [0.717, 1.165) is 17.0 Å². The van der Waals surface area contributed by atoms with Gasteiger partial charge in [-0.25, -0.2) is 13.5 Å². The van der Waals surface area contributed by atoms with Crippen molar-refractivity contribution >= 4 is 20.8 Å². The molecule has 3 aromatic rings. The van der Waals surface area contributed by atoms with Crippen LogP contribution in [0, 0.1) is 13.8 Å². The van der Waals surface area contributed by atoms with E-state index in [1.54, 1.807) is 13.0 Å². The molecule has 0 aliphatic heterocycles. The van der Waals surface area contributed by atoms with E-state index in [9.17, 15) is 13.2 Å². The first-order chi connectivity index (χ1) is 9.91. The average molecular weight is 304 g/mol. The summed E-state index contributed by atoms with van der Waals surface area (Å²) in [7, 11) is -4.03. The van der Waals surface area contributed by atoms with Crippen LogP contribution in [-0.2, 0) is 9.84 Å². The van der Waals surface area contributed by atoms with Gasteiger partial charge in [-0.15, -0.1) is 0 Å². The molecule has 1 N–H and O–H groups in total. The van der Waals surface area contributed by atoms with Crippen molar-refractivity contribution in [1.29, 1.82) is 0 Å². The summed E-state index contributed by atoms with van der Waals surface area (Å²) in [4.78, 5) is 11.3. The van der Waals surface area contributed by atoms with Gasteiger partial charge >= 0.3 is 0 Å². The molecule has 0 saturated carbocycles. The Morgan fingerprint density at radius 2 is 1.95 bits per heavy atom. The number of furan rings is 1. The van der Waals surface area contributed by atoms with E-state index in [-0.39, 0.29) is 9.99 Å². The Bertz CT molecular complexity index is 999. The molecule has 2 heterocycles. The predicted molar refractivity (Wildman–Crippen MR) is 76.0 cm³/mol. The predicted octanol–water partition coefficient (Wildman–Crippen LogP) is 1.97. The highest BCUT2D eigenvalue weighted by Crippen LogP contribution is 2.31. The lowest BCUT2D eigenvalue weighted by molar-refractivity contribution is 0.476. The molecule has 0 spiro atoms. The van der Waals surface area contributed by atoms with Crippen molar-refractivity contribution < 1.29 is 12.8 Å². The second-order valence-electron chi connectivity index (χ2n) is 4.77. The molecule has 7 heteroatoms. The number of benzene rings is 1. The van der Waals surface area contributed by atoms with Crippen molar-refractivity contribution in [3.05, 3.63) is 51.9 Å². The van der Waals surface area contributed by atoms with E-state index < -0.39 is 15.4 Å². The van der Waals surface area contributed by atoms with E-state index in [1.807, 2.05) is 19.1 Å². The molecule has 0 radical (unpaired) electrons. The minimum atomic E-state index is -4.03. The number of aromatic nitrogens is 2. The lowest BCUT2D eigenvalue weighted by Gasteiger charge is -2.00. The SMILES string of the molecule is Cc1ccc2oc(S(=O)(=O)c3ccn[nH]c3=O)c(C)c2c1. The summed E-state index contributed by atoms with van der Waals surface area (Å²) in [5.74, 6) is 0. The molecule has 0 aliphatic rings. The first-order valence-corrected chi connectivity index (χ1v) is 7.68. The minimum absolute atomic E-state index is 0.209. The topological polar surface area (TPSA) is 93.0 Å². The summed E-state index contributed by atoms with van der Waals surface area (Å²) in [6, 6.07) is 6.56. The summed E-state index contributed by atoms with van der Waals surface area (Å²) >= 11 is 0. The molecule has 108 valence electrons. The molecular weight excluding hydrogens is 292 g/mol. The monoisotopic (exact) mass is 304 g/mol. The Morgan fingerprint density at radius 3 is 2.67 bits per heavy atom. The van der Waals surface area contributed by atoms with Gasteiger partial charge in [-0.3, -0.25) is 4.79 Å². The molecule has 3 rings (SSSR count). The smallest absolute Gasteiger partial charge is 0.283 e. The largest absolute Gasteiger partial charge is 0.444 e. The van der Waals surface area contributed by atoms with Gasteiger partial charge in [0.1, 0.15) is 10.5 Å². The molecule has 0 atom stereocenters. The van der Waals surface area contributed by atoms with E-state index in [4.69, 9.17) is 4.42 Å². The van der Waals surface area contributed by atoms with E-state index >= 15 is 0 Å². The average Bonchev–Trinajstić information content (AvgIpc) is 2.77. The Labute approximate surface area is 120 Å². The van der Waals surface area contributed by atoms with Crippen LogP contribution in [0.5, 0.6) is 0 Å². The van der Waals surface area contributed by atoms with Crippen molar-refractivity contribution in [3.8, 4) is 0 Å². The number of H-pyrrole nitrogens is 1. The van der Waals surface area contributed by atoms with Crippen LogP contribution in [0.25, 0.3) is 11.0 Å². The standard InChI is InChI=1S/C14H12N2O4S/c1-8-3-4-11-10(7-8)9(2)14(20-11)21(18,19)12-5-6-15-16-13(12)17/h3-7H,1-2H3,(H,16,17). The van der Waals surface area contributed by atoms with E-state index in [1.165, 1.54) is 6.20 Å². The lowest BCUT2D eigenvalue weighted by atomic mass is 10.1. The van der Waals surface area contributed by atoms with Crippen LogP contribution in [-0.4, -0.2) is 18.6 Å². The Balaban J connectivity index is 2.32. The second kappa shape index (κ2) is 4.56. The van der Waals surface area contributed by atoms with Crippen LogP contribution < -0.4 is 5.56 Å². The van der Waals surface area contributed by atoms with Gasteiger partial charge in [-0.1, -0.05) is 11.6 Å². The summed E-state index contributed by atoms with van der Waals surface area (Å²) < 4.78 is 30.6. The Hall–Kier alpha value is -2.41. The maximum atomic E-state index is 12.6. The second-order valence-corrected chi connectivity index (χ2v) is 6.59. The third-order valence-corrected chi connectivity index (χ3v) is 5.05. The van der Waals surface area contributed by atoms with Crippen LogP contribution >= 0.6 is 0 Å². The number of rotatable bonds is 2. The molecule has 0 fully saturated rings. The van der Waals surface area contributed by atoms with Gasteiger partial charge < -0.3 is 4.42 Å². The van der Waals surface area contributed by atoms with Crippen LogP contribution in [0.4, 0.5) is 0 Å². The van der Waals surface area contributed by atoms with Gasteiger partial charge in [-0.05, 0) is 32.0 Å². The quantitative estimate of drug-likeness (QED) is 0.781. The lowest BCUT2D eigenvalue weighted by Crippen LogP contribution is -2.18. The fraction of sp³-hybridized carbons (Fsp3) is 0.143. The van der Waals surface area contributed by atoms with Crippen molar-refractivity contribution in [1.82, 2.24) is 10.2 Å². The third kappa shape index (κ3) is 2.06. The van der Waals surface area contributed by atoms with Crippen LogP contribution in [0.1, 0.15) is 11.1 Å². The summed E-state index contributed by atoms with van der Waals surface area (Å²) in [5.41, 5.74) is 1.19. The molecule has 0 aliphatic carbocycles. The molecular formula is C14H12N2O4S. The fourth-order valence-corrected chi connectivity index (χ4v) is 3.65. The van der Waals surface area contributed by atoms with Gasteiger partial charge in [0.25, 0.3) is 5.56 Å². The van der Waals surface area contributed by atoms with E-state index in [2.05, 4.69) is 10.2 Å². The van der Waals surface area contributed by atoms with Crippen LogP contribution in [0.3, 0.4) is 0 Å². The van der Waals surface area contributed by atoms with Crippen molar-refractivity contribution in [2.24, 2.45) is 0 Å². The van der Waals surface area contributed by atoms with Gasteiger partial charge in [-0.2, -0.15) is 5.10 Å². The molecule has 0 bridgehead atoms. The molecule has 2 aromatic heterocycles. The van der Waals surface area contributed by atoms with Crippen molar-refractivity contribution in [3.63, 3.8) is 0 Å². The van der Waals surface area contributed by atoms with Gasteiger partial charge in [0.15, 0.2) is 0 Å². The normalized spacial score (nSPS) is 11.9. The van der Waals surface area contributed by atoms with E-state index in [0.29, 0.717) is 11.1 Å². The van der Waals surface area contributed by atoms with Gasteiger partial charge in [0.05, 0.1) is 0 Å². The number of sulfone groups is 1. The number of nitrogens with zero attached hydrogens (tertiary/aromatic N) is 1. The zero-order valence-corrected chi connectivity index (χ0v) is 12.2. The zero-order valence-electron chi connectivity index (χ0n) is 11.4. The molecule has 0 saturated heterocycles. The maximum absolute atomic E-state index is 12.6. The molecule has 21 heavy (non-hydrogen) atoms. The number of fused-ring (bicyclic) bond motifs is 1. The number of nitrogens with one attached hydrogen (secondary N) is 1. The highest BCUT2D eigenvalue weighted by atomic mass is 32.2. The molecule has 1 aromatic carbocycles. The van der Waals surface area contributed by atoms with Crippen LogP contribution in [0.15, 0.2) is 49.7 Å². The minimum Gasteiger partial charge on any atom is -0.444 e. The first kappa shape index (κ1) is 13.6. The number of aryl methyl sites for hydroxylation is 2. The summed E-state index contributed by atoms with van der Waals surface area (Å²) in [6.45, 7) is 3.57. The van der Waals surface area contributed by atoms with Crippen LogP contribution in [0.2, 0.25) is 0 Å².